The van der Waals surface area contributed by atoms with Crippen molar-refractivity contribution in [3.63, 3.8) is 0 Å². The van der Waals surface area contributed by atoms with Gasteiger partial charge in [0.15, 0.2) is 0 Å². The minimum atomic E-state index is -3.98. The van der Waals surface area contributed by atoms with Crippen molar-refractivity contribution in [1.29, 1.82) is 0 Å². The molecule has 0 nitrogen and oxygen atoms in total. The van der Waals surface area contributed by atoms with E-state index in [0.29, 0.717) is 6.42 Å². The molecule has 0 N–H and O–H groups in total. The Morgan fingerprint density at radius 1 is 0.929 bits per heavy atom. The largest absolute Gasteiger partial charge is 0.391 e. The third kappa shape index (κ3) is 11.8. The SMILES string of the molecule is CC.CC.CCCC(CC)C(F)(F)F. The van der Waals surface area contributed by atoms with Crippen LogP contribution in [0.3, 0.4) is 0 Å². The second kappa shape index (κ2) is 12.8. The smallest absolute Gasteiger partial charge is 0.171 e. The number of rotatable bonds is 3. The van der Waals surface area contributed by atoms with E-state index in [1.54, 1.807) is 13.8 Å². The van der Waals surface area contributed by atoms with Gasteiger partial charge in [-0.25, -0.2) is 0 Å². The van der Waals surface area contributed by atoms with Crippen molar-refractivity contribution in [3.8, 4) is 0 Å². The lowest BCUT2D eigenvalue weighted by atomic mass is 10.0. The molecule has 0 aromatic carbocycles. The molecule has 0 aliphatic heterocycles. The van der Waals surface area contributed by atoms with E-state index in [1.807, 2.05) is 27.7 Å². The lowest BCUT2D eigenvalue weighted by Gasteiger charge is -2.16. The third-order valence-electron chi connectivity index (χ3n) is 1.59. The molecule has 0 radical (unpaired) electrons. The monoisotopic (exact) mass is 214 g/mol. The fraction of sp³-hybridized carbons (Fsp3) is 1.00. The fourth-order valence-electron chi connectivity index (χ4n) is 0.948. The lowest BCUT2D eigenvalue weighted by molar-refractivity contribution is -0.177. The maximum atomic E-state index is 11.9. The van der Waals surface area contributed by atoms with Gasteiger partial charge in [-0.05, 0) is 12.8 Å². The van der Waals surface area contributed by atoms with Crippen LogP contribution in [0.1, 0.15) is 60.8 Å². The minimum Gasteiger partial charge on any atom is -0.171 e. The highest BCUT2D eigenvalue weighted by molar-refractivity contribution is 4.64. The zero-order valence-electron chi connectivity index (χ0n) is 10.3. The summed E-state index contributed by atoms with van der Waals surface area (Å²) in [7, 11) is 0. The molecule has 1 unspecified atom stereocenters. The van der Waals surface area contributed by atoms with Gasteiger partial charge in [0.2, 0.25) is 0 Å². The fourth-order valence-corrected chi connectivity index (χ4v) is 0.948. The molecule has 90 valence electrons. The van der Waals surface area contributed by atoms with Crippen molar-refractivity contribution in [3.05, 3.63) is 0 Å². The van der Waals surface area contributed by atoms with Crippen molar-refractivity contribution in [2.24, 2.45) is 5.92 Å². The second-order valence-electron chi connectivity index (χ2n) is 2.44. The summed E-state index contributed by atoms with van der Waals surface area (Å²) in [4.78, 5) is 0. The Morgan fingerprint density at radius 3 is 1.36 bits per heavy atom. The van der Waals surface area contributed by atoms with E-state index in [9.17, 15) is 13.2 Å². The van der Waals surface area contributed by atoms with Crippen LogP contribution >= 0.6 is 0 Å². The van der Waals surface area contributed by atoms with E-state index < -0.39 is 12.1 Å². The summed E-state index contributed by atoms with van der Waals surface area (Å²) in [6.07, 6.45) is -2.90. The summed E-state index contributed by atoms with van der Waals surface area (Å²) in [5.41, 5.74) is 0. The van der Waals surface area contributed by atoms with Crippen LogP contribution in [-0.4, -0.2) is 6.18 Å². The van der Waals surface area contributed by atoms with Crippen LogP contribution in [0.25, 0.3) is 0 Å². The lowest BCUT2D eigenvalue weighted by Crippen LogP contribution is -2.21. The molecule has 0 saturated heterocycles. The average molecular weight is 214 g/mol. The number of alkyl halides is 3. The average Bonchev–Trinajstić information content (AvgIpc) is 2.18. The molecule has 0 aliphatic carbocycles. The Balaban J connectivity index is -0.000000266. The zero-order chi connectivity index (χ0) is 12.2. The van der Waals surface area contributed by atoms with Gasteiger partial charge < -0.3 is 0 Å². The first-order chi connectivity index (χ1) is 6.52. The van der Waals surface area contributed by atoms with Gasteiger partial charge in [0.25, 0.3) is 0 Å². The maximum absolute atomic E-state index is 11.9. The van der Waals surface area contributed by atoms with Crippen molar-refractivity contribution in [1.82, 2.24) is 0 Å². The Bertz CT molecular complexity index is 87.0. The van der Waals surface area contributed by atoms with E-state index in [0.717, 1.165) is 0 Å². The molecule has 0 amide bonds. The molecule has 0 aromatic heterocycles. The summed E-state index contributed by atoms with van der Waals surface area (Å²) >= 11 is 0. The van der Waals surface area contributed by atoms with Crippen LogP contribution in [0.5, 0.6) is 0 Å². The first-order valence-corrected chi connectivity index (χ1v) is 5.59. The maximum Gasteiger partial charge on any atom is 0.391 e. The standard InChI is InChI=1S/C7H13F3.2C2H6/c1-3-5-6(4-2)7(8,9)10;2*1-2/h6H,3-5H2,1-2H3;2*1-2H3. The molecular formula is C11H25F3. The Labute approximate surface area is 86.9 Å². The van der Waals surface area contributed by atoms with E-state index in [-0.39, 0.29) is 12.8 Å². The van der Waals surface area contributed by atoms with Crippen molar-refractivity contribution in [2.45, 2.75) is 67.0 Å². The highest BCUT2D eigenvalue weighted by Gasteiger charge is 2.36. The first kappa shape index (κ1) is 19.4. The molecule has 1 atom stereocenters. The molecular weight excluding hydrogens is 189 g/mol. The summed E-state index contributed by atoms with van der Waals surface area (Å²) < 4.78 is 35.7. The number of hydrogen-bond acceptors (Lipinski definition) is 0. The molecule has 0 rings (SSSR count). The van der Waals surface area contributed by atoms with E-state index >= 15 is 0 Å². The summed E-state index contributed by atoms with van der Waals surface area (Å²) in [6.45, 7) is 11.3. The van der Waals surface area contributed by atoms with Gasteiger partial charge in [-0.3, -0.25) is 0 Å². The minimum absolute atomic E-state index is 0.206. The molecule has 3 heteroatoms. The molecule has 0 spiro atoms. The highest BCUT2D eigenvalue weighted by Crippen LogP contribution is 2.31. The zero-order valence-corrected chi connectivity index (χ0v) is 10.3. The molecule has 14 heavy (non-hydrogen) atoms. The Morgan fingerprint density at radius 2 is 1.29 bits per heavy atom. The van der Waals surface area contributed by atoms with Gasteiger partial charge in [-0.15, -0.1) is 0 Å². The molecule has 0 saturated carbocycles. The predicted molar refractivity (Wildman–Crippen MR) is 57.4 cm³/mol. The Kier molecular flexibility index (Phi) is 17.7. The number of halogens is 3. The van der Waals surface area contributed by atoms with Crippen molar-refractivity contribution < 1.29 is 13.2 Å². The summed E-state index contributed by atoms with van der Waals surface area (Å²) in [5.74, 6) is -1.09. The second-order valence-corrected chi connectivity index (χ2v) is 2.44. The summed E-state index contributed by atoms with van der Waals surface area (Å²) in [6, 6.07) is 0. The Hall–Kier alpha value is -0.210. The predicted octanol–water partition coefficient (Wildman–Crippen LogP) is 5.43. The van der Waals surface area contributed by atoms with Crippen LogP contribution in [0.4, 0.5) is 13.2 Å². The molecule has 0 aromatic rings. The molecule has 0 fully saturated rings. The summed E-state index contributed by atoms with van der Waals surface area (Å²) in [5, 5.41) is 0. The number of hydrogen-bond donors (Lipinski definition) is 0. The van der Waals surface area contributed by atoms with Gasteiger partial charge in [-0.2, -0.15) is 13.2 Å². The normalized spacial score (nSPS) is 11.8. The highest BCUT2D eigenvalue weighted by atomic mass is 19.4. The van der Waals surface area contributed by atoms with Crippen molar-refractivity contribution >= 4 is 0 Å². The van der Waals surface area contributed by atoms with Crippen LogP contribution in [0, 0.1) is 5.92 Å². The van der Waals surface area contributed by atoms with Gasteiger partial charge >= 0.3 is 6.18 Å². The first-order valence-electron chi connectivity index (χ1n) is 5.59. The van der Waals surface area contributed by atoms with E-state index in [1.165, 1.54) is 0 Å². The van der Waals surface area contributed by atoms with Gasteiger partial charge in [-0.1, -0.05) is 48.0 Å². The van der Waals surface area contributed by atoms with Crippen LogP contribution in [-0.2, 0) is 0 Å². The van der Waals surface area contributed by atoms with E-state index in [2.05, 4.69) is 0 Å². The van der Waals surface area contributed by atoms with Crippen LogP contribution in [0.15, 0.2) is 0 Å². The molecule has 0 heterocycles. The van der Waals surface area contributed by atoms with Gasteiger partial charge in [0.05, 0.1) is 5.92 Å². The van der Waals surface area contributed by atoms with Gasteiger partial charge in [0.1, 0.15) is 0 Å². The topological polar surface area (TPSA) is 0 Å². The van der Waals surface area contributed by atoms with E-state index in [4.69, 9.17) is 0 Å². The van der Waals surface area contributed by atoms with Crippen molar-refractivity contribution in [2.75, 3.05) is 0 Å². The van der Waals surface area contributed by atoms with Gasteiger partial charge in [0, 0.05) is 0 Å². The quantitative estimate of drug-likeness (QED) is 0.587. The molecule has 0 bridgehead atoms. The third-order valence-corrected chi connectivity index (χ3v) is 1.59. The van der Waals surface area contributed by atoms with Crippen LogP contribution in [0.2, 0.25) is 0 Å². The van der Waals surface area contributed by atoms with Crippen LogP contribution < -0.4 is 0 Å². The molecule has 0 aliphatic rings.